The number of hydrazone groups is 1. The van der Waals surface area contributed by atoms with E-state index in [9.17, 15) is 4.39 Å². The Morgan fingerprint density at radius 1 is 1.18 bits per heavy atom. The molecule has 2 rings (SSSR count). The van der Waals surface area contributed by atoms with Crippen molar-refractivity contribution in [2.45, 2.75) is 25.7 Å². The van der Waals surface area contributed by atoms with Crippen molar-refractivity contribution >= 4 is 28.7 Å². The highest BCUT2D eigenvalue weighted by Crippen LogP contribution is 2.14. The first kappa shape index (κ1) is 12.0. The van der Waals surface area contributed by atoms with Crippen LogP contribution in [0.5, 0.6) is 0 Å². The summed E-state index contributed by atoms with van der Waals surface area (Å²) in [5.74, 6) is -0.263. The summed E-state index contributed by atoms with van der Waals surface area (Å²) in [7, 11) is 0. The quantitative estimate of drug-likeness (QED) is 0.626. The van der Waals surface area contributed by atoms with Gasteiger partial charge in [0.25, 0.3) is 0 Å². The summed E-state index contributed by atoms with van der Waals surface area (Å²) in [6.07, 6.45) is 4.51. The van der Waals surface area contributed by atoms with Gasteiger partial charge in [0, 0.05) is 11.4 Å². The molecule has 1 fully saturated rings. The SMILES string of the molecule is Fc1ccc(NC(=S)NN=C2CCCC2)cc1. The molecule has 2 N–H and O–H groups in total. The van der Waals surface area contributed by atoms with Crippen molar-refractivity contribution in [1.29, 1.82) is 0 Å². The minimum absolute atomic E-state index is 0.263. The summed E-state index contributed by atoms with van der Waals surface area (Å²) in [6.45, 7) is 0. The van der Waals surface area contributed by atoms with E-state index in [2.05, 4.69) is 15.8 Å². The number of nitrogens with zero attached hydrogens (tertiary/aromatic N) is 1. The van der Waals surface area contributed by atoms with Gasteiger partial charge in [-0.25, -0.2) is 4.39 Å². The summed E-state index contributed by atoms with van der Waals surface area (Å²) < 4.78 is 12.7. The van der Waals surface area contributed by atoms with Crippen LogP contribution in [0, 0.1) is 5.82 Å². The number of anilines is 1. The lowest BCUT2D eigenvalue weighted by molar-refractivity contribution is 0.628. The molecule has 0 aromatic heterocycles. The van der Waals surface area contributed by atoms with Gasteiger partial charge >= 0.3 is 0 Å². The smallest absolute Gasteiger partial charge is 0.191 e. The Morgan fingerprint density at radius 3 is 2.47 bits per heavy atom. The van der Waals surface area contributed by atoms with Gasteiger partial charge in [-0.2, -0.15) is 5.10 Å². The summed E-state index contributed by atoms with van der Waals surface area (Å²) in [5, 5.41) is 7.59. The summed E-state index contributed by atoms with van der Waals surface area (Å²) >= 11 is 5.08. The zero-order valence-electron chi connectivity index (χ0n) is 9.37. The second-order valence-corrected chi connectivity index (χ2v) is 4.37. The Bertz CT molecular complexity index is 420. The van der Waals surface area contributed by atoms with Crippen LogP contribution in [-0.4, -0.2) is 10.8 Å². The molecule has 0 bridgehead atoms. The van der Waals surface area contributed by atoms with Gasteiger partial charge in [0.05, 0.1) is 0 Å². The monoisotopic (exact) mass is 251 g/mol. The summed E-state index contributed by atoms with van der Waals surface area (Å²) in [4.78, 5) is 0. The molecule has 0 radical (unpaired) electrons. The Morgan fingerprint density at radius 2 is 1.82 bits per heavy atom. The number of rotatable bonds is 2. The average molecular weight is 251 g/mol. The van der Waals surface area contributed by atoms with Crippen molar-refractivity contribution in [2.24, 2.45) is 5.10 Å². The predicted octanol–water partition coefficient (Wildman–Crippen LogP) is 3.04. The lowest BCUT2D eigenvalue weighted by Crippen LogP contribution is -2.24. The van der Waals surface area contributed by atoms with E-state index in [0.29, 0.717) is 5.11 Å². The first-order valence-electron chi connectivity index (χ1n) is 5.62. The first-order chi connectivity index (χ1) is 8.24. The number of nitrogens with one attached hydrogen (secondary N) is 2. The Labute approximate surface area is 105 Å². The maximum Gasteiger partial charge on any atom is 0.191 e. The van der Waals surface area contributed by atoms with Gasteiger partial charge in [-0.05, 0) is 62.2 Å². The lowest BCUT2D eigenvalue weighted by Gasteiger charge is -2.07. The largest absolute Gasteiger partial charge is 0.331 e. The fourth-order valence-electron chi connectivity index (χ4n) is 1.72. The lowest BCUT2D eigenvalue weighted by atomic mass is 10.3. The first-order valence-corrected chi connectivity index (χ1v) is 6.03. The van der Waals surface area contributed by atoms with E-state index < -0.39 is 0 Å². The molecule has 1 aliphatic carbocycles. The standard InChI is InChI=1S/C12H14FN3S/c13-9-5-7-10(8-6-9)14-12(17)16-15-11-3-1-2-4-11/h5-8H,1-4H2,(H2,14,16,17). The highest BCUT2D eigenvalue weighted by atomic mass is 32.1. The van der Waals surface area contributed by atoms with E-state index in [1.807, 2.05) is 0 Å². The van der Waals surface area contributed by atoms with Gasteiger partial charge in [-0.15, -0.1) is 0 Å². The van der Waals surface area contributed by atoms with E-state index in [1.165, 1.54) is 25.0 Å². The molecule has 0 spiro atoms. The summed E-state index contributed by atoms with van der Waals surface area (Å²) in [6, 6.07) is 6.03. The molecule has 1 aromatic carbocycles. The number of hydrogen-bond donors (Lipinski definition) is 2. The van der Waals surface area contributed by atoms with Crippen LogP contribution in [0.15, 0.2) is 29.4 Å². The highest BCUT2D eigenvalue weighted by Gasteiger charge is 2.07. The molecule has 0 heterocycles. The third-order valence-electron chi connectivity index (χ3n) is 2.60. The zero-order chi connectivity index (χ0) is 12.1. The van der Waals surface area contributed by atoms with Gasteiger partial charge in [0.1, 0.15) is 5.82 Å². The second-order valence-electron chi connectivity index (χ2n) is 3.96. The average Bonchev–Trinajstić information content (AvgIpc) is 2.83. The Balaban J connectivity index is 1.84. The minimum Gasteiger partial charge on any atom is -0.331 e. The third kappa shape index (κ3) is 3.78. The molecule has 0 saturated heterocycles. The molecule has 1 saturated carbocycles. The third-order valence-corrected chi connectivity index (χ3v) is 2.79. The zero-order valence-corrected chi connectivity index (χ0v) is 10.2. The van der Waals surface area contributed by atoms with Crippen molar-refractivity contribution in [3.63, 3.8) is 0 Å². The molecule has 1 aliphatic rings. The Hall–Kier alpha value is -1.49. The molecule has 90 valence electrons. The normalized spacial score (nSPS) is 14.5. The molecule has 3 nitrogen and oxygen atoms in total. The fraction of sp³-hybridized carbons (Fsp3) is 0.333. The van der Waals surface area contributed by atoms with E-state index in [4.69, 9.17) is 12.2 Å². The number of benzene rings is 1. The topological polar surface area (TPSA) is 36.4 Å². The maximum absolute atomic E-state index is 12.7. The van der Waals surface area contributed by atoms with Crippen LogP contribution in [0.3, 0.4) is 0 Å². The molecule has 0 unspecified atom stereocenters. The number of hydrogen-bond acceptors (Lipinski definition) is 2. The maximum atomic E-state index is 12.7. The molecular weight excluding hydrogens is 237 g/mol. The van der Waals surface area contributed by atoms with Gasteiger partial charge in [-0.1, -0.05) is 0 Å². The van der Waals surface area contributed by atoms with Crippen molar-refractivity contribution in [3.8, 4) is 0 Å². The molecule has 17 heavy (non-hydrogen) atoms. The molecule has 0 aliphatic heterocycles. The Kier molecular flexibility index (Phi) is 4.03. The van der Waals surface area contributed by atoms with Gasteiger partial charge in [0.2, 0.25) is 0 Å². The van der Waals surface area contributed by atoms with Crippen LogP contribution in [0.1, 0.15) is 25.7 Å². The molecule has 1 aromatic rings. The van der Waals surface area contributed by atoms with Crippen LogP contribution in [-0.2, 0) is 0 Å². The van der Waals surface area contributed by atoms with Crippen molar-refractivity contribution in [2.75, 3.05) is 5.32 Å². The molecule has 0 atom stereocenters. The molecular formula is C12H14FN3S. The van der Waals surface area contributed by atoms with E-state index in [-0.39, 0.29) is 5.82 Å². The van der Waals surface area contributed by atoms with Gasteiger partial charge in [-0.3, -0.25) is 5.43 Å². The van der Waals surface area contributed by atoms with Crippen LogP contribution in [0.25, 0.3) is 0 Å². The highest BCUT2D eigenvalue weighted by molar-refractivity contribution is 7.80. The van der Waals surface area contributed by atoms with Crippen LogP contribution in [0.4, 0.5) is 10.1 Å². The molecule has 0 amide bonds. The molecule has 5 heteroatoms. The summed E-state index contributed by atoms with van der Waals surface area (Å²) in [5.41, 5.74) is 4.71. The fourth-order valence-corrected chi connectivity index (χ4v) is 1.88. The van der Waals surface area contributed by atoms with Gasteiger partial charge < -0.3 is 5.32 Å². The van der Waals surface area contributed by atoms with E-state index in [1.54, 1.807) is 12.1 Å². The number of thiocarbonyl (C=S) groups is 1. The second kappa shape index (κ2) is 5.72. The van der Waals surface area contributed by atoms with E-state index >= 15 is 0 Å². The van der Waals surface area contributed by atoms with Crippen molar-refractivity contribution in [3.05, 3.63) is 30.1 Å². The number of halogens is 1. The van der Waals surface area contributed by atoms with Crippen LogP contribution >= 0.6 is 12.2 Å². The van der Waals surface area contributed by atoms with Crippen molar-refractivity contribution in [1.82, 2.24) is 5.43 Å². The van der Waals surface area contributed by atoms with Gasteiger partial charge in [0.15, 0.2) is 5.11 Å². The minimum atomic E-state index is -0.263. The van der Waals surface area contributed by atoms with Crippen LogP contribution < -0.4 is 10.7 Å². The van der Waals surface area contributed by atoms with Crippen molar-refractivity contribution < 1.29 is 4.39 Å². The van der Waals surface area contributed by atoms with E-state index in [0.717, 1.165) is 24.2 Å². The predicted molar refractivity (Wildman–Crippen MR) is 71.7 cm³/mol. The van der Waals surface area contributed by atoms with Crippen LogP contribution in [0.2, 0.25) is 0 Å².